The van der Waals surface area contributed by atoms with Gasteiger partial charge in [-0.2, -0.15) is 0 Å². The zero-order valence-electron chi connectivity index (χ0n) is 19.7. The van der Waals surface area contributed by atoms with Gasteiger partial charge in [0.2, 0.25) is 0 Å². The number of H-pyrrole nitrogens is 1. The minimum absolute atomic E-state index is 0.0567. The normalized spacial score (nSPS) is 16.0. The van der Waals surface area contributed by atoms with Gasteiger partial charge in [-0.15, -0.1) is 5.10 Å². The van der Waals surface area contributed by atoms with Crippen LogP contribution in [-0.2, 0) is 24.4 Å². The molecule has 34 heavy (non-hydrogen) atoms. The van der Waals surface area contributed by atoms with E-state index in [4.69, 9.17) is 4.74 Å². The van der Waals surface area contributed by atoms with Crippen molar-refractivity contribution in [2.24, 2.45) is 0 Å². The number of nitrogens with one attached hydrogen (secondary N) is 1. The smallest absolute Gasteiger partial charge is 0.252 e. The lowest BCUT2D eigenvalue weighted by atomic mass is 10.0. The Kier molecular flexibility index (Phi) is 6.51. The van der Waals surface area contributed by atoms with E-state index in [0.717, 1.165) is 65.0 Å². The summed E-state index contributed by atoms with van der Waals surface area (Å²) >= 11 is 0. The fourth-order valence-corrected chi connectivity index (χ4v) is 4.75. The Hall–Kier alpha value is -3.36. The maximum absolute atomic E-state index is 13.0. The maximum atomic E-state index is 13.0. The predicted molar refractivity (Wildman–Crippen MR) is 130 cm³/mol. The topological polar surface area (TPSA) is 88.9 Å². The first kappa shape index (κ1) is 22.4. The van der Waals surface area contributed by atoms with Crippen LogP contribution in [0.5, 0.6) is 0 Å². The van der Waals surface area contributed by atoms with Crippen LogP contribution in [0.3, 0.4) is 0 Å². The number of ether oxygens (including phenoxy) is 1. The van der Waals surface area contributed by atoms with Gasteiger partial charge < -0.3 is 9.72 Å². The van der Waals surface area contributed by atoms with Gasteiger partial charge in [-0.1, -0.05) is 36.4 Å². The highest BCUT2D eigenvalue weighted by Gasteiger charge is 2.22. The molecule has 1 aliphatic rings. The number of tetrazole rings is 1. The summed E-state index contributed by atoms with van der Waals surface area (Å²) in [5.74, 6) is 0.769. The Morgan fingerprint density at radius 2 is 2.00 bits per heavy atom. The van der Waals surface area contributed by atoms with E-state index in [1.807, 2.05) is 41.9 Å². The van der Waals surface area contributed by atoms with Gasteiger partial charge in [-0.05, 0) is 65.9 Å². The predicted octanol–water partition coefficient (Wildman–Crippen LogP) is 3.36. The van der Waals surface area contributed by atoms with Crippen molar-refractivity contribution in [2.45, 2.75) is 52.4 Å². The van der Waals surface area contributed by atoms with Crippen molar-refractivity contribution >= 4 is 10.9 Å². The highest BCUT2D eigenvalue weighted by molar-refractivity contribution is 5.83. The average molecular weight is 459 g/mol. The number of benzene rings is 2. The summed E-state index contributed by atoms with van der Waals surface area (Å²) in [5.41, 5.74) is 4.99. The summed E-state index contributed by atoms with van der Waals surface area (Å²) in [7, 11) is 0. The Morgan fingerprint density at radius 3 is 2.79 bits per heavy atom. The van der Waals surface area contributed by atoms with E-state index in [1.165, 1.54) is 0 Å². The van der Waals surface area contributed by atoms with Crippen LogP contribution in [0.2, 0.25) is 0 Å². The van der Waals surface area contributed by atoms with Gasteiger partial charge >= 0.3 is 0 Å². The first-order chi connectivity index (χ1) is 16.5. The summed E-state index contributed by atoms with van der Waals surface area (Å²) in [6.45, 7) is 7.27. The Balaban J connectivity index is 1.42. The molecule has 0 spiro atoms. The highest BCUT2D eigenvalue weighted by Crippen LogP contribution is 2.20. The van der Waals surface area contributed by atoms with E-state index in [-0.39, 0.29) is 11.7 Å². The fraction of sp³-hybridized carbons (Fsp3) is 0.385. The van der Waals surface area contributed by atoms with Crippen molar-refractivity contribution in [3.05, 3.63) is 87.0 Å². The maximum Gasteiger partial charge on any atom is 0.252 e. The van der Waals surface area contributed by atoms with Gasteiger partial charge in [0.05, 0.1) is 19.2 Å². The number of pyridine rings is 1. The SMILES string of the molecule is Cc1cc(C)c2cc(CN(Cc3nnnn3Cc3ccccc3)CC3CCCO3)c(=O)[nH]c2c1. The monoisotopic (exact) mass is 458 g/mol. The molecule has 1 unspecified atom stereocenters. The molecular weight excluding hydrogens is 428 g/mol. The molecule has 1 fully saturated rings. The number of aromatic nitrogens is 5. The van der Waals surface area contributed by atoms with E-state index >= 15 is 0 Å². The van der Waals surface area contributed by atoms with Crippen LogP contribution in [0.1, 0.15) is 40.9 Å². The lowest BCUT2D eigenvalue weighted by Crippen LogP contribution is -2.34. The molecule has 1 N–H and O–H groups in total. The molecule has 0 saturated carbocycles. The Bertz CT molecular complexity index is 1320. The molecule has 0 bridgehead atoms. The number of aryl methyl sites for hydroxylation is 2. The van der Waals surface area contributed by atoms with Crippen LogP contribution >= 0.6 is 0 Å². The molecule has 2 aromatic carbocycles. The molecule has 0 radical (unpaired) electrons. The summed E-state index contributed by atoms with van der Waals surface area (Å²) in [4.78, 5) is 18.3. The second-order valence-electron chi connectivity index (χ2n) is 9.21. The Labute approximate surface area is 198 Å². The van der Waals surface area contributed by atoms with Crippen LogP contribution in [0.15, 0.2) is 53.3 Å². The zero-order chi connectivity index (χ0) is 23.5. The Morgan fingerprint density at radius 1 is 1.15 bits per heavy atom. The molecule has 5 rings (SSSR count). The summed E-state index contributed by atoms with van der Waals surface area (Å²) in [5, 5.41) is 13.5. The van der Waals surface area contributed by atoms with E-state index in [1.54, 1.807) is 0 Å². The quantitative estimate of drug-likeness (QED) is 0.436. The average Bonchev–Trinajstić information content (AvgIpc) is 3.48. The van der Waals surface area contributed by atoms with E-state index in [2.05, 4.69) is 50.5 Å². The van der Waals surface area contributed by atoms with E-state index in [0.29, 0.717) is 19.6 Å². The number of fused-ring (bicyclic) bond motifs is 1. The van der Waals surface area contributed by atoms with Gasteiger partial charge in [-0.3, -0.25) is 9.69 Å². The minimum Gasteiger partial charge on any atom is -0.377 e. The lowest BCUT2D eigenvalue weighted by Gasteiger charge is -2.24. The fourth-order valence-electron chi connectivity index (χ4n) is 4.75. The molecule has 8 nitrogen and oxygen atoms in total. The molecule has 3 heterocycles. The second kappa shape index (κ2) is 9.87. The molecular formula is C26H30N6O2. The molecule has 2 aromatic heterocycles. The number of hydrogen-bond acceptors (Lipinski definition) is 6. The van der Waals surface area contributed by atoms with Crippen molar-refractivity contribution in [1.82, 2.24) is 30.1 Å². The van der Waals surface area contributed by atoms with Crippen molar-refractivity contribution < 1.29 is 4.74 Å². The molecule has 0 amide bonds. The summed E-state index contributed by atoms with van der Waals surface area (Å²) in [6.07, 6.45) is 2.25. The molecule has 0 aliphatic carbocycles. The lowest BCUT2D eigenvalue weighted by molar-refractivity contribution is 0.0663. The van der Waals surface area contributed by atoms with Crippen LogP contribution in [-0.4, -0.2) is 49.3 Å². The van der Waals surface area contributed by atoms with Gasteiger partial charge in [-0.25, -0.2) is 4.68 Å². The zero-order valence-corrected chi connectivity index (χ0v) is 19.7. The van der Waals surface area contributed by atoms with Crippen LogP contribution in [0, 0.1) is 13.8 Å². The number of aromatic amines is 1. The molecule has 1 atom stereocenters. The summed E-state index contributed by atoms with van der Waals surface area (Å²) in [6, 6.07) is 16.3. The first-order valence-electron chi connectivity index (χ1n) is 11.8. The van der Waals surface area contributed by atoms with Gasteiger partial charge in [0.15, 0.2) is 5.82 Å². The minimum atomic E-state index is -0.0567. The highest BCUT2D eigenvalue weighted by atomic mass is 16.5. The number of nitrogens with zero attached hydrogens (tertiary/aromatic N) is 5. The molecule has 1 aliphatic heterocycles. The third-order valence-electron chi connectivity index (χ3n) is 6.42. The number of rotatable bonds is 8. The van der Waals surface area contributed by atoms with Crippen LogP contribution in [0.25, 0.3) is 10.9 Å². The number of hydrogen-bond donors (Lipinski definition) is 1. The first-order valence-corrected chi connectivity index (χ1v) is 11.8. The van der Waals surface area contributed by atoms with E-state index < -0.39 is 0 Å². The van der Waals surface area contributed by atoms with Gasteiger partial charge in [0, 0.05) is 36.2 Å². The molecule has 4 aromatic rings. The van der Waals surface area contributed by atoms with Crippen LogP contribution < -0.4 is 5.56 Å². The van der Waals surface area contributed by atoms with Gasteiger partial charge in [0.1, 0.15) is 0 Å². The van der Waals surface area contributed by atoms with Gasteiger partial charge in [0.25, 0.3) is 5.56 Å². The van der Waals surface area contributed by atoms with Crippen molar-refractivity contribution in [3.8, 4) is 0 Å². The second-order valence-corrected chi connectivity index (χ2v) is 9.21. The third kappa shape index (κ3) is 5.08. The largest absolute Gasteiger partial charge is 0.377 e. The van der Waals surface area contributed by atoms with Crippen molar-refractivity contribution in [1.29, 1.82) is 0 Å². The molecule has 8 heteroatoms. The van der Waals surface area contributed by atoms with Crippen molar-refractivity contribution in [3.63, 3.8) is 0 Å². The third-order valence-corrected chi connectivity index (χ3v) is 6.42. The van der Waals surface area contributed by atoms with Crippen LogP contribution in [0.4, 0.5) is 0 Å². The van der Waals surface area contributed by atoms with E-state index in [9.17, 15) is 4.79 Å². The molecule has 1 saturated heterocycles. The summed E-state index contributed by atoms with van der Waals surface area (Å²) < 4.78 is 7.74. The molecule has 176 valence electrons. The van der Waals surface area contributed by atoms with Crippen molar-refractivity contribution in [2.75, 3.05) is 13.2 Å². The standard InChI is InChI=1S/C26H30N6O2/c1-18-11-19(2)23-13-21(26(33)27-24(23)12-18)15-31(16-22-9-6-10-34-22)17-25-28-29-30-32(25)14-20-7-4-3-5-8-20/h3-5,7-8,11-13,22H,6,9-10,14-17H2,1-2H3,(H,27,33).